The fourth-order valence-corrected chi connectivity index (χ4v) is 2.77. The van der Waals surface area contributed by atoms with Crippen LogP contribution in [0, 0.1) is 5.92 Å². The van der Waals surface area contributed by atoms with Crippen LogP contribution >= 0.6 is 0 Å². The van der Waals surface area contributed by atoms with Gasteiger partial charge in [-0.3, -0.25) is 0 Å². The Bertz CT molecular complexity index is 213. The zero-order valence-electron chi connectivity index (χ0n) is 13.9. The first kappa shape index (κ1) is 19.8. The van der Waals surface area contributed by atoms with E-state index >= 15 is 0 Å². The predicted octanol–water partition coefficient (Wildman–Crippen LogP) is 6.56. The van der Waals surface area contributed by atoms with Crippen LogP contribution in [0.1, 0.15) is 91.9 Å². The topological polar surface area (TPSA) is 9.23 Å². The normalized spacial score (nSPS) is 13.9. The molecule has 0 aliphatic heterocycles. The number of rotatable bonds is 13. The summed E-state index contributed by atoms with van der Waals surface area (Å²) in [6.07, 6.45) is 4.75. The van der Waals surface area contributed by atoms with Crippen LogP contribution < -0.4 is 0 Å². The van der Waals surface area contributed by atoms with E-state index in [4.69, 9.17) is 4.74 Å². The number of halogens is 2. The first-order chi connectivity index (χ1) is 9.49. The van der Waals surface area contributed by atoms with Gasteiger partial charge in [0.1, 0.15) is 0 Å². The van der Waals surface area contributed by atoms with E-state index in [2.05, 4.69) is 13.8 Å². The van der Waals surface area contributed by atoms with Gasteiger partial charge in [-0.2, -0.15) is 8.78 Å². The second kappa shape index (κ2) is 11.5. The molecule has 0 aromatic rings. The lowest BCUT2D eigenvalue weighted by Crippen LogP contribution is -2.28. The quantitative estimate of drug-likeness (QED) is 0.373. The van der Waals surface area contributed by atoms with E-state index in [9.17, 15) is 8.78 Å². The van der Waals surface area contributed by atoms with Gasteiger partial charge in [-0.15, -0.1) is 0 Å². The largest absolute Gasteiger partial charge is 0.355 e. The summed E-state index contributed by atoms with van der Waals surface area (Å²) in [5, 5.41) is 0. The van der Waals surface area contributed by atoms with Crippen molar-refractivity contribution in [1.29, 1.82) is 0 Å². The van der Waals surface area contributed by atoms with Crippen LogP contribution in [0.25, 0.3) is 0 Å². The van der Waals surface area contributed by atoms with Crippen LogP contribution in [0.15, 0.2) is 0 Å². The summed E-state index contributed by atoms with van der Waals surface area (Å²) in [4.78, 5) is 0. The van der Waals surface area contributed by atoms with E-state index in [0.29, 0.717) is 12.3 Å². The number of hydrogen-bond acceptors (Lipinski definition) is 1. The zero-order valence-corrected chi connectivity index (χ0v) is 13.9. The van der Waals surface area contributed by atoms with Gasteiger partial charge >= 0.3 is 6.11 Å². The molecule has 0 saturated heterocycles. The highest BCUT2D eigenvalue weighted by molar-refractivity contribution is 4.64. The van der Waals surface area contributed by atoms with Gasteiger partial charge in [0.2, 0.25) is 0 Å². The molecule has 0 aromatic heterocycles. The minimum atomic E-state index is -2.94. The molecule has 0 spiro atoms. The molecule has 0 bridgehead atoms. The Kier molecular flexibility index (Phi) is 11.4. The predicted molar refractivity (Wildman–Crippen MR) is 82.2 cm³/mol. The molecule has 0 N–H and O–H groups in total. The molecule has 0 amide bonds. The van der Waals surface area contributed by atoms with Crippen molar-refractivity contribution < 1.29 is 13.5 Å². The Morgan fingerprint density at radius 1 is 0.850 bits per heavy atom. The molecule has 20 heavy (non-hydrogen) atoms. The van der Waals surface area contributed by atoms with E-state index in [1.807, 2.05) is 13.8 Å². The molecule has 0 heterocycles. The maximum Gasteiger partial charge on any atom is 0.355 e. The molecule has 1 nitrogen and oxygen atoms in total. The van der Waals surface area contributed by atoms with Gasteiger partial charge in [0.25, 0.3) is 0 Å². The van der Waals surface area contributed by atoms with E-state index in [1.54, 1.807) is 0 Å². The van der Waals surface area contributed by atoms with Gasteiger partial charge < -0.3 is 4.74 Å². The standard InChI is InChI=1S/C17H34F2O/c1-5-10-15(8-4)13-9-14-17(18,19)20-16(11-6-2)12-7-3/h15-16H,5-14H2,1-4H3. The van der Waals surface area contributed by atoms with Crippen LogP contribution in [-0.2, 0) is 4.74 Å². The molecule has 122 valence electrons. The summed E-state index contributed by atoms with van der Waals surface area (Å²) in [7, 11) is 0. The monoisotopic (exact) mass is 292 g/mol. The highest BCUT2D eigenvalue weighted by Gasteiger charge is 2.32. The van der Waals surface area contributed by atoms with Crippen LogP contribution in [-0.4, -0.2) is 12.2 Å². The second-order valence-electron chi connectivity index (χ2n) is 5.91. The minimum absolute atomic E-state index is 0.128. The molecule has 1 atom stereocenters. The first-order valence-corrected chi connectivity index (χ1v) is 8.54. The van der Waals surface area contributed by atoms with Crippen LogP contribution in [0.3, 0.4) is 0 Å². The summed E-state index contributed by atoms with van der Waals surface area (Å²) in [6.45, 7) is 8.33. The van der Waals surface area contributed by atoms with E-state index in [0.717, 1.165) is 51.4 Å². The van der Waals surface area contributed by atoms with Crippen LogP contribution in [0.5, 0.6) is 0 Å². The van der Waals surface area contributed by atoms with Gasteiger partial charge in [0.05, 0.1) is 6.10 Å². The average molecular weight is 292 g/mol. The van der Waals surface area contributed by atoms with Crippen molar-refractivity contribution in [2.45, 2.75) is 104 Å². The summed E-state index contributed by atoms with van der Waals surface area (Å²) >= 11 is 0. The van der Waals surface area contributed by atoms with Crippen molar-refractivity contribution in [2.75, 3.05) is 0 Å². The Morgan fingerprint density at radius 2 is 1.40 bits per heavy atom. The fourth-order valence-electron chi connectivity index (χ4n) is 2.77. The Hall–Kier alpha value is -0.180. The molecule has 0 saturated carbocycles. The molecule has 3 heteroatoms. The fraction of sp³-hybridized carbons (Fsp3) is 1.00. The van der Waals surface area contributed by atoms with E-state index in [1.165, 1.54) is 0 Å². The highest BCUT2D eigenvalue weighted by Crippen LogP contribution is 2.29. The van der Waals surface area contributed by atoms with Crippen molar-refractivity contribution in [2.24, 2.45) is 5.92 Å². The molecule has 1 unspecified atom stereocenters. The summed E-state index contributed by atoms with van der Waals surface area (Å²) < 4.78 is 32.7. The molecule has 0 fully saturated rings. The maximum absolute atomic E-state index is 13.8. The number of alkyl halides is 2. The zero-order chi connectivity index (χ0) is 15.4. The molecular formula is C17H34F2O. The second-order valence-corrected chi connectivity index (χ2v) is 5.91. The van der Waals surface area contributed by atoms with Crippen molar-refractivity contribution in [3.63, 3.8) is 0 Å². The SMILES string of the molecule is CCCC(CC)CCCC(F)(F)OC(CCC)CCC. The third kappa shape index (κ3) is 9.68. The molecule has 0 rings (SSSR count). The summed E-state index contributed by atoms with van der Waals surface area (Å²) in [6, 6.07) is 0. The lowest BCUT2D eigenvalue weighted by atomic mass is 9.94. The highest BCUT2D eigenvalue weighted by atomic mass is 19.3. The van der Waals surface area contributed by atoms with E-state index < -0.39 is 6.11 Å². The van der Waals surface area contributed by atoms with E-state index in [-0.39, 0.29) is 12.5 Å². The first-order valence-electron chi connectivity index (χ1n) is 8.54. The summed E-state index contributed by atoms with van der Waals surface area (Å²) in [5.74, 6) is 0.595. The third-order valence-corrected chi connectivity index (χ3v) is 3.91. The maximum atomic E-state index is 13.8. The van der Waals surface area contributed by atoms with Crippen LogP contribution in [0.2, 0.25) is 0 Å². The number of ether oxygens (including phenoxy) is 1. The summed E-state index contributed by atoms with van der Waals surface area (Å²) in [5.41, 5.74) is 0. The Morgan fingerprint density at radius 3 is 1.85 bits per heavy atom. The van der Waals surface area contributed by atoms with Crippen molar-refractivity contribution in [3.05, 3.63) is 0 Å². The molecule has 0 aromatic carbocycles. The smallest absolute Gasteiger partial charge is 0.317 e. The van der Waals surface area contributed by atoms with Gasteiger partial charge in [0, 0.05) is 6.42 Å². The van der Waals surface area contributed by atoms with Gasteiger partial charge in [-0.05, 0) is 25.2 Å². The van der Waals surface area contributed by atoms with Crippen LogP contribution in [0.4, 0.5) is 8.78 Å². The van der Waals surface area contributed by atoms with Gasteiger partial charge in [-0.25, -0.2) is 0 Å². The molecule has 0 aliphatic rings. The van der Waals surface area contributed by atoms with Crippen molar-refractivity contribution >= 4 is 0 Å². The van der Waals surface area contributed by atoms with Crippen molar-refractivity contribution in [1.82, 2.24) is 0 Å². The third-order valence-electron chi connectivity index (χ3n) is 3.91. The van der Waals surface area contributed by atoms with Gasteiger partial charge in [-0.1, -0.05) is 66.2 Å². The Balaban J connectivity index is 4.08. The lowest BCUT2D eigenvalue weighted by Gasteiger charge is -2.24. The van der Waals surface area contributed by atoms with Crippen molar-refractivity contribution in [3.8, 4) is 0 Å². The Labute approximate surface area is 124 Å². The molecular weight excluding hydrogens is 258 g/mol. The molecule has 0 aliphatic carbocycles. The number of hydrogen-bond donors (Lipinski definition) is 0. The van der Waals surface area contributed by atoms with Gasteiger partial charge in [0.15, 0.2) is 0 Å². The average Bonchev–Trinajstić information content (AvgIpc) is 2.37. The minimum Gasteiger partial charge on any atom is -0.317 e. The lowest BCUT2D eigenvalue weighted by molar-refractivity contribution is -0.268. The molecule has 0 radical (unpaired) electrons.